The molecule has 3 N–H and O–H groups in total. The quantitative estimate of drug-likeness (QED) is 0.157. The van der Waals surface area contributed by atoms with E-state index in [9.17, 15) is 0 Å². The summed E-state index contributed by atoms with van der Waals surface area (Å²) in [5.41, 5.74) is 32.7. The van der Waals surface area contributed by atoms with Gasteiger partial charge in [0.1, 0.15) is 0 Å². The number of aromatic amines is 3. The smallest absolute Gasteiger partial charge is 0.0541 e. The third-order valence-electron chi connectivity index (χ3n) is 20.3. The Labute approximate surface area is 555 Å². The molecule has 0 amide bonds. The average Bonchev–Trinajstić information content (AvgIpc) is 1.60. The summed E-state index contributed by atoms with van der Waals surface area (Å²) < 4.78 is 4.81. The topological polar surface area (TPSA) is 57.2 Å². The van der Waals surface area contributed by atoms with Crippen LogP contribution in [0.4, 0.5) is 0 Å². The van der Waals surface area contributed by atoms with Crippen LogP contribution in [0.5, 0.6) is 0 Å². The summed E-state index contributed by atoms with van der Waals surface area (Å²) in [7, 11) is 0. The first-order chi connectivity index (χ1) is 47.6. The fourth-order valence-electron chi connectivity index (χ4n) is 15.7. The molecule has 3 aliphatic rings. The number of hydrogen-bond donors (Lipinski definition) is 3. The van der Waals surface area contributed by atoms with Gasteiger partial charge in [-0.3, -0.25) is 0 Å². The van der Waals surface area contributed by atoms with Gasteiger partial charge in [-0.2, -0.15) is 0 Å². The second kappa shape index (κ2) is 22.7. The molecule has 0 spiro atoms. The van der Waals surface area contributed by atoms with E-state index in [0.29, 0.717) is 0 Å². The van der Waals surface area contributed by atoms with E-state index in [2.05, 4.69) is 346 Å². The van der Waals surface area contributed by atoms with E-state index >= 15 is 0 Å². The molecule has 5 heterocycles. The van der Waals surface area contributed by atoms with Crippen LogP contribution in [0.1, 0.15) is 33.4 Å². The number of nitrogens with zero attached hydrogens (tertiary/aromatic N) is 2. The second-order valence-corrected chi connectivity index (χ2v) is 25.7. The molecule has 452 valence electrons. The van der Waals surface area contributed by atoms with Crippen LogP contribution >= 0.6 is 0 Å². The predicted octanol–water partition coefficient (Wildman–Crippen LogP) is 23.7. The fraction of sp³-hybridized carbons (Fsp3) is 0.0330. The second-order valence-electron chi connectivity index (χ2n) is 25.7. The maximum atomic E-state index is 3.52. The number of aromatic nitrogens is 5. The molecule has 0 radical (unpaired) electrons. The molecule has 0 saturated heterocycles. The minimum atomic E-state index is 1.00. The van der Waals surface area contributed by atoms with E-state index in [1.807, 2.05) is 6.20 Å². The van der Waals surface area contributed by atoms with Gasteiger partial charge in [-0.05, 0) is 199 Å². The normalized spacial score (nSPS) is 12.4. The van der Waals surface area contributed by atoms with Gasteiger partial charge >= 0.3 is 0 Å². The van der Waals surface area contributed by atoms with Crippen molar-refractivity contribution in [2.75, 3.05) is 0 Å². The van der Waals surface area contributed by atoms with Crippen molar-refractivity contribution in [1.29, 1.82) is 0 Å². The molecule has 14 aromatic carbocycles. The molecule has 0 saturated carbocycles. The first-order valence-corrected chi connectivity index (χ1v) is 33.4. The Kier molecular flexibility index (Phi) is 13.1. The molecule has 5 aromatic heterocycles. The minimum Gasteiger partial charge on any atom is -0.361 e. The van der Waals surface area contributed by atoms with Crippen molar-refractivity contribution in [3.8, 4) is 55.9 Å². The van der Waals surface area contributed by atoms with E-state index in [0.717, 1.165) is 19.3 Å². The van der Waals surface area contributed by atoms with Crippen LogP contribution in [0, 0.1) is 0 Å². The molecular formula is C91H63N5. The van der Waals surface area contributed by atoms with Crippen molar-refractivity contribution >= 4 is 104 Å². The van der Waals surface area contributed by atoms with E-state index in [1.165, 1.54) is 187 Å². The molecule has 5 heteroatoms. The van der Waals surface area contributed by atoms with E-state index in [1.54, 1.807) is 0 Å². The predicted molar refractivity (Wildman–Crippen MR) is 405 cm³/mol. The van der Waals surface area contributed by atoms with E-state index < -0.39 is 0 Å². The summed E-state index contributed by atoms with van der Waals surface area (Å²) in [5, 5.41) is 11.6. The Morgan fingerprint density at radius 3 is 1.42 bits per heavy atom. The van der Waals surface area contributed by atoms with Crippen LogP contribution in [0.3, 0.4) is 0 Å². The maximum absolute atomic E-state index is 3.52. The average molecular weight is 1230 g/mol. The number of rotatable bonds is 4. The lowest BCUT2D eigenvalue weighted by Crippen LogP contribution is -1.98. The van der Waals surface area contributed by atoms with Gasteiger partial charge in [0, 0.05) is 89.0 Å². The molecule has 0 aliphatic heterocycles. The summed E-state index contributed by atoms with van der Waals surface area (Å²) in [6.07, 6.45) is 9.56. The lowest BCUT2D eigenvalue weighted by atomic mass is 9.97. The summed E-state index contributed by atoms with van der Waals surface area (Å²) >= 11 is 0. The van der Waals surface area contributed by atoms with Crippen molar-refractivity contribution in [3.63, 3.8) is 0 Å². The summed E-state index contributed by atoms with van der Waals surface area (Å²) in [6.45, 7) is 0. The zero-order valence-electron chi connectivity index (χ0n) is 52.7. The van der Waals surface area contributed by atoms with E-state index in [4.69, 9.17) is 0 Å². The van der Waals surface area contributed by atoms with Crippen LogP contribution in [0.25, 0.3) is 160 Å². The largest absolute Gasteiger partial charge is 0.361 e. The number of para-hydroxylation sites is 6. The molecule has 96 heavy (non-hydrogen) atoms. The maximum Gasteiger partial charge on any atom is 0.0541 e. The molecule has 0 unspecified atom stereocenters. The summed E-state index contributed by atoms with van der Waals surface area (Å²) in [4.78, 5) is 10.3. The molecule has 0 atom stereocenters. The van der Waals surface area contributed by atoms with Gasteiger partial charge in [-0.15, -0.1) is 0 Å². The van der Waals surface area contributed by atoms with Gasteiger partial charge in [0.25, 0.3) is 0 Å². The standard InChI is InChI=1S/2C25H17N.C24H16N2.C17H13N/c1-2-9-18-17(8-1)16-22-19(18)12-7-15-25(22)26-23-13-5-3-10-20(23)21-11-4-6-14-24(21)26;1-2-6-20-18(5-1)13-19-10-9-16(14-22(19)20)17-11-12-25-23(15-17)21-7-3-4-8-24(21)26-25;1-4-10-21-17(7-1)20-15-16(13-14-22(20)25-21)26-23-11-5-2-8-18(23)19-9-3-6-12-24(19)26;1-2-12-4-5-14(10-13(12)3-1)15-6-7-17-16(11-15)8-9-18-17/h1-15H,16H2;1-12,14-15,26H,13H2;1-15,25H;1,3-11,18H,2H2. The van der Waals surface area contributed by atoms with Crippen molar-refractivity contribution in [2.45, 2.75) is 19.3 Å². The highest BCUT2D eigenvalue weighted by Crippen LogP contribution is 2.44. The molecule has 19 aromatic rings. The highest BCUT2D eigenvalue weighted by atomic mass is 15.0. The van der Waals surface area contributed by atoms with Crippen LogP contribution < -0.4 is 0 Å². The highest BCUT2D eigenvalue weighted by Gasteiger charge is 2.24. The van der Waals surface area contributed by atoms with Gasteiger partial charge in [-0.25, -0.2) is 0 Å². The number of allylic oxidation sites excluding steroid dienone is 1. The van der Waals surface area contributed by atoms with Crippen molar-refractivity contribution in [2.24, 2.45) is 0 Å². The third-order valence-corrected chi connectivity index (χ3v) is 20.3. The summed E-state index contributed by atoms with van der Waals surface area (Å²) in [6, 6.07) is 112. The molecule has 22 rings (SSSR count). The van der Waals surface area contributed by atoms with Gasteiger partial charge in [-0.1, -0.05) is 218 Å². The first kappa shape index (κ1) is 55.2. The Balaban J connectivity index is 0.0000000911. The van der Waals surface area contributed by atoms with Crippen LogP contribution in [-0.2, 0) is 19.3 Å². The van der Waals surface area contributed by atoms with Crippen LogP contribution in [0.2, 0.25) is 0 Å². The molecule has 0 fully saturated rings. The zero-order valence-corrected chi connectivity index (χ0v) is 52.7. The van der Waals surface area contributed by atoms with Crippen molar-refractivity contribution in [3.05, 3.63) is 355 Å². The zero-order chi connectivity index (χ0) is 63.2. The Morgan fingerprint density at radius 2 is 0.750 bits per heavy atom. The number of benzene rings is 14. The highest BCUT2D eigenvalue weighted by molar-refractivity contribution is 6.13. The number of H-pyrrole nitrogens is 3. The SMILES string of the molecule is C1=Cc2cc(-c3ccc4[nH]ccc4c3)ccc2C1.c1ccc2c(c1)Cc1c-2cccc1-n1c2ccccc2c2ccccc21.c1ccc2c(c1)Cc1ccc(-c3ccc4[nH]c5ccccc5c4c3)cc1-2.c1ccc2c(c1)[nH]c1ccc(-n3c4ccccc4c4ccccc43)cc12. The fourth-order valence-corrected chi connectivity index (χ4v) is 15.7. The third kappa shape index (κ3) is 9.30. The molecule has 3 aliphatic carbocycles. The van der Waals surface area contributed by atoms with E-state index in [-0.39, 0.29) is 0 Å². The lowest BCUT2D eigenvalue weighted by Gasteiger charge is -2.13. The Bertz CT molecular complexity index is 6220. The van der Waals surface area contributed by atoms with Gasteiger partial charge in [0.15, 0.2) is 0 Å². The number of hydrogen-bond acceptors (Lipinski definition) is 0. The van der Waals surface area contributed by atoms with Gasteiger partial charge < -0.3 is 24.1 Å². The first-order valence-electron chi connectivity index (χ1n) is 33.4. The molecular weight excluding hydrogens is 1160 g/mol. The van der Waals surface area contributed by atoms with Gasteiger partial charge in [0.05, 0.1) is 27.8 Å². The van der Waals surface area contributed by atoms with Crippen molar-refractivity contribution in [1.82, 2.24) is 24.1 Å². The Hall–Kier alpha value is -12.4. The van der Waals surface area contributed by atoms with Crippen LogP contribution in [0.15, 0.2) is 322 Å². The number of nitrogens with one attached hydrogen (secondary N) is 3. The van der Waals surface area contributed by atoms with Crippen molar-refractivity contribution < 1.29 is 0 Å². The molecule has 0 bridgehead atoms. The molecule has 5 nitrogen and oxygen atoms in total. The lowest BCUT2D eigenvalue weighted by molar-refractivity contribution is 1.12. The van der Waals surface area contributed by atoms with Gasteiger partial charge in [0.2, 0.25) is 0 Å². The summed E-state index contributed by atoms with van der Waals surface area (Å²) in [5.74, 6) is 0. The monoisotopic (exact) mass is 1230 g/mol. The minimum absolute atomic E-state index is 1.00. The Morgan fingerprint density at radius 1 is 0.281 bits per heavy atom. The number of fused-ring (bicyclic) bond motifs is 20. The van der Waals surface area contributed by atoms with Crippen LogP contribution in [-0.4, -0.2) is 24.1 Å².